The maximum Gasteiger partial charge on any atom is 0.333 e. The highest BCUT2D eigenvalue weighted by Gasteiger charge is 2.57. The molecule has 31 heavy (non-hydrogen) atoms. The van der Waals surface area contributed by atoms with Crippen molar-refractivity contribution in [1.29, 1.82) is 5.26 Å². The number of rotatable bonds is 8. The van der Waals surface area contributed by atoms with Crippen molar-refractivity contribution < 1.29 is 14.4 Å². The molecule has 0 aromatic heterocycles. The van der Waals surface area contributed by atoms with Crippen molar-refractivity contribution in [2.45, 2.75) is 19.3 Å². The van der Waals surface area contributed by atoms with Gasteiger partial charge in [-0.25, -0.2) is 11.4 Å². The average molecular weight is 414 g/mol. The zero-order valence-electron chi connectivity index (χ0n) is 17.0. The Morgan fingerprint density at radius 2 is 1.32 bits per heavy atom. The van der Waals surface area contributed by atoms with Gasteiger partial charge in [-0.15, -0.1) is 0 Å². The molecule has 1 aliphatic rings. The molecule has 7 nitrogen and oxygen atoms in total. The van der Waals surface area contributed by atoms with Gasteiger partial charge in [-0.2, -0.15) is 5.26 Å². The lowest BCUT2D eigenvalue weighted by Gasteiger charge is -2.43. The molecule has 4 amide bonds. The lowest BCUT2D eigenvalue weighted by atomic mass is 9.73. The van der Waals surface area contributed by atoms with Crippen LogP contribution in [0.1, 0.15) is 17.5 Å². The zero-order valence-corrected chi connectivity index (χ0v) is 17.0. The number of urea groups is 1. The van der Waals surface area contributed by atoms with Crippen molar-refractivity contribution in [3.05, 3.63) is 83.2 Å². The number of hydrogen-bond acceptors (Lipinski definition) is 4. The normalized spacial score (nSPS) is 15.5. The molecule has 0 radical (unpaired) electrons. The summed E-state index contributed by atoms with van der Waals surface area (Å²) in [5, 5.41) is 9.01. The Hall–Kier alpha value is -3.97. The van der Waals surface area contributed by atoms with Gasteiger partial charge < -0.3 is 4.85 Å². The lowest BCUT2D eigenvalue weighted by molar-refractivity contribution is -0.158. The van der Waals surface area contributed by atoms with E-state index in [0.29, 0.717) is 0 Å². The topological polar surface area (TPSA) is 85.8 Å². The predicted octanol–water partition coefficient (Wildman–Crippen LogP) is 3.08. The standard InChI is InChI=1S/C24H22N4O3/c1-26-14-16-28-22(30)24(17-19-9-4-2-5-10-19,18-20-11-6-3-7-12-20)21(29)27(23(28)31)15-8-13-25/h2-7,9-12H,8,14-18H2. The van der Waals surface area contributed by atoms with E-state index in [-0.39, 0.29) is 38.9 Å². The highest BCUT2D eigenvalue weighted by molar-refractivity contribution is 6.19. The summed E-state index contributed by atoms with van der Waals surface area (Å²) in [6.45, 7) is 6.82. The Labute approximate surface area is 181 Å². The van der Waals surface area contributed by atoms with E-state index in [1.807, 2.05) is 66.7 Å². The highest BCUT2D eigenvalue weighted by Crippen LogP contribution is 2.37. The Morgan fingerprint density at radius 1 is 0.839 bits per heavy atom. The first kappa shape index (κ1) is 21.7. The first-order valence-electron chi connectivity index (χ1n) is 9.99. The van der Waals surface area contributed by atoms with E-state index in [0.717, 1.165) is 20.9 Å². The Morgan fingerprint density at radius 3 is 1.77 bits per heavy atom. The van der Waals surface area contributed by atoms with Gasteiger partial charge in [0.15, 0.2) is 0 Å². The third-order valence-electron chi connectivity index (χ3n) is 5.35. The molecule has 7 heteroatoms. The summed E-state index contributed by atoms with van der Waals surface area (Å²) < 4.78 is 0. The van der Waals surface area contributed by atoms with Crippen LogP contribution in [0.4, 0.5) is 4.79 Å². The number of hydrogen-bond donors (Lipinski definition) is 0. The summed E-state index contributed by atoms with van der Waals surface area (Å²) in [5.74, 6) is -1.18. The number of benzene rings is 2. The van der Waals surface area contributed by atoms with Gasteiger partial charge >= 0.3 is 6.03 Å². The summed E-state index contributed by atoms with van der Waals surface area (Å²) in [6, 6.07) is 19.6. The SMILES string of the molecule is [C-]#[N+]CCN1C(=O)N(CCC#N)C(=O)C(Cc2ccccc2)(Cc2ccccc2)C1=O. The molecule has 0 unspecified atom stereocenters. The molecule has 0 aliphatic carbocycles. The average Bonchev–Trinajstić information content (AvgIpc) is 2.79. The molecular weight excluding hydrogens is 392 g/mol. The minimum Gasteiger partial charge on any atom is -0.315 e. The highest BCUT2D eigenvalue weighted by atomic mass is 16.2. The largest absolute Gasteiger partial charge is 0.333 e. The number of amides is 4. The van der Waals surface area contributed by atoms with Crippen LogP contribution in [-0.4, -0.2) is 47.3 Å². The maximum atomic E-state index is 13.7. The molecule has 1 aliphatic heterocycles. The van der Waals surface area contributed by atoms with Crippen molar-refractivity contribution in [3.63, 3.8) is 0 Å². The van der Waals surface area contributed by atoms with Gasteiger partial charge in [0.1, 0.15) is 12.0 Å². The summed E-state index contributed by atoms with van der Waals surface area (Å²) in [4.78, 5) is 45.6. The van der Waals surface area contributed by atoms with Crippen LogP contribution in [0.2, 0.25) is 0 Å². The van der Waals surface area contributed by atoms with Crippen LogP contribution in [0, 0.1) is 23.3 Å². The molecule has 156 valence electrons. The first-order chi connectivity index (χ1) is 15.0. The molecule has 2 aromatic carbocycles. The van der Waals surface area contributed by atoms with Crippen LogP contribution in [-0.2, 0) is 22.4 Å². The van der Waals surface area contributed by atoms with E-state index in [4.69, 9.17) is 11.8 Å². The van der Waals surface area contributed by atoms with E-state index >= 15 is 0 Å². The second-order valence-corrected chi connectivity index (χ2v) is 7.39. The van der Waals surface area contributed by atoms with Gasteiger partial charge in [0, 0.05) is 6.54 Å². The van der Waals surface area contributed by atoms with Crippen LogP contribution in [0.25, 0.3) is 4.85 Å². The van der Waals surface area contributed by atoms with E-state index in [9.17, 15) is 14.4 Å². The Kier molecular flexibility index (Phi) is 6.79. The zero-order chi connectivity index (χ0) is 22.3. The molecule has 0 atom stereocenters. The lowest BCUT2D eigenvalue weighted by Crippen LogP contribution is -2.67. The first-order valence-corrected chi connectivity index (χ1v) is 9.99. The monoisotopic (exact) mass is 414 g/mol. The minimum absolute atomic E-state index is 0.0327. The number of nitriles is 1. The fourth-order valence-corrected chi connectivity index (χ4v) is 3.89. The van der Waals surface area contributed by atoms with Crippen LogP contribution >= 0.6 is 0 Å². The molecule has 3 rings (SSSR count). The van der Waals surface area contributed by atoms with Crippen LogP contribution in [0.3, 0.4) is 0 Å². The second-order valence-electron chi connectivity index (χ2n) is 7.39. The van der Waals surface area contributed by atoms with Gasteiger partial charge in [0.05, 0.1) is 12.5 Å². The van der Waals surface area contributed by atoms with Crippen molar-refractivity contribution in [2.24, 2.45) is 5.41 Å². The molecule has 1 heterocycles. The van der Waals surface area contributed by atoms with E-state index < -0.39 is 23.3 Å². The van der Waals surface area contributed by atoms with Crippen molar-refractivity contribution in [3.8, 4) is 6.07 Å². The fourth-order valence-electron chi connectivity index (χ4n) is 3.89. The molecular formula is C24H22N4O3. The quantitative estimate of drug-likeness (QED) is 0.491. The van der Waals surface area contributed by atoms with Gasteiger partial charge in [-0.1, -0.05) is 60.7 Å². The molecule has 2 aromatic rings. The molecule has 1 saturated heterocycles. The number of barbiturate groups is 1. The van der Waals surface area contributed by atoms with Crippen molar-refractivity contribution >= 4 is 17.8 Å². The van der Waals surface area contributed by atoms with E-state index in [1.54, 1.807) is 0 Å². The van der Waals surface area contributed by atoms with Crippen LogP contribution < -0.4 is 0 Å². The van der Waals surface area contributed by atoms with Gasteiger partial charge in [-0.05, 0) is 24.0 Å². The summed E-state index contributed by atoms with van der Waals surface area (Å²) in [7, 11) is 0. The molecule has 1 fully saturated rings. The smallest absolute Gasteiger partial charge is 0.315 e. The number of carbonyl (C=O) groups is 3. The molecule has 0 N–H and O–H groups in total. The van der Waals surface area contributed by atoms with Crippen LogP contribution in [0.5, 0.6) is 0 Å². The van der Waals surface area contributed by atoms with Gasteiger partial charge in [-0.3, -0.25) is 19.4 Å². The fraction of sp³-hybridized carbons (Fsp3) is 0.292. The minimum atomic E-state index is -1.53. The van der Waals surface area contributed by atoms with E-state index in [1.165, 1.54) is 0 Å². The van der Waals surface area contributed by atoms with Crippen molar-refractivity contribution in [2.75, 3.05) is 19.6 Å². The van der Waals surface area contributed by atoms with Gasteiger partial charge in [0.25, 0.3) is 0 Å². The molecule has 0 spiro atoms. The van der Waals surface area contributed by atoms with Crippen LogP contribution in [0.15, 0.2) is 60.7 Å². The predicted molar refractivity (Wildman–Crippen MR) is 113 cm³/mol. The molecule has 0 saturated carbocycles. The maximum absolute atomic E-state index is 13.7. The Balaban J connectivity index is 2.12. The Bertz CT molecular complexity index is 954. The third-order valence-corrected chi connectivity index (χ3v) is 5.35. The number of nitrogens with zero attached hydrogens (tertiary/aromatic N) is 4. The molecule has 0 bridgehead atoms. The number of imide groups is 2. The van der Waals surface area contributed by atoms with Crippen molar-refractivity contribution in [1.82, 2.24) is 9.80 Å². The summed E-state index contributed by atoms with van der Waals surface area (Å²) in [5.41, 5.74) is 0.0494. The third kappa shape index (κ3) is 4.46. The van der Waals surface area contributed by atoms with E-state index in [2.05, 4.69) is 4.85 Å². The summed E-state index contributed by atoms with van der Waals surface area (Å²) >= 11 is 0. The summed E-state index contributed by atoms with van der Waals surface area (Å²) in [6.07, 6.45) is 0.200. The van der Waals surface area contributed by atoms with Gasteiger partial charge in [0.2, 0.25) is 18.4 Å². The number of carbonyl (C=O) groups excluding carboxylic acids is 3. The second kappa shape index (κ2) is 9.69.